The molecule has 2 aromatic carbocycles. The standard InChI is InChI=1S/C17H15BrO3/c1-20-17(19)9-8-13-4-3-7-16(11-13)21-12-14-5-2-6-15(18)10-14/h2-11H,12H2,1H3. The summed E-state index contributed by atoms with van der Waals surface area (Å²) in [4.78, 5) is 11.1. The fourth-order valence-electron chi connectivity index (χ4n) is 1.73. The van der Waals surface area contributed by atoms with Gasteiger partial charge in [0.05, 0.1) is 7.11 Å². The monoisotopic (exact) mass is 346 g/mol. The van der Waals surface area contributed by atoms with Gasteiger partial charge in [-0.2, -0.15) is 0 Å². The van der Waals surface area contributed by atoms with Crippen molar-refractivity contribution in [3.8, 4) is 5.75 Å². The van der Waals surface area contributed by atoms with Crippen LogP contribution in [0.4, 0.5) is 0 Å². The summed E-state index contributed by atoms with van der Waals surface area (Å²) in [5.74, 6) is 0.373. The van der Waals surface area contributed by atoms with Crippen molar-refractivity contribution in [2.75, 3.05) is 7.11 Å². The third-order valence-corrected chi connectivity index (χ3v) is 3.26. The van der Waals surface area contributed by atoms with E-state index < -0.39 is 0 Å². The van der Waals surface area contributed by atoms with E-state index in [9.17, 15) is 4.79 Å². The third kappa shape index (κ3) is 5.08. The quantitative estimate of drug-likeness (QED) is 0.600. The normalized spacial score (nSPS) is 10.6. The molecule has 2 rings (SSSR count). The van der Waals surface area contributed by atoms with Crippen LogP contribution in [0, 0.1) is 0 Å². The molecule has 0 bridgehead atoms. The Balaban J connectivity index is 2.01. The summed E-state index contributed by atoms with van der Waals surface area (Å²) in [7, 11) is 1.35. The summed E-state index contributed by atoms with van der Waals surface area (Å²) >= 11 is 3.43. The number of methoxy groups -OCH3 is 1. The van der Waals surface area contributed by atoms with Crippen molar-refractivity contribution in [2.24, 2.45) is 0 Å². The van der Waals surface area contributed by atoms with Gasteiger partial charge in [0, 0.05) is 10.5 Å². The van der Waals surface area contributed by atoms with Crippen LogP contribution in [0.15, 0.2) is 59.1 Å². The molecule has 0 saturated heterocycles. The number of benzene rings is 2. The second kappa shape index (κ2) is 7.64. The summed E-state index contributed by atoms with van der Waals surface area (Å²) in [5, 5.41) is 0. The minimum absolute atomic E-state index is 0.379. The van der Waals surface area contributed by atoms with Crippen LogP contribution in [0.2, 0.25) is 0 Å². The van der Waals surface area contributed by atoms with Gasteiger partial charge in [0.1, 0.15) is 12.4 Å². The zero-order valence-electron chi connectivity index (χ0n) is 11.6. The highest BCUT2D eigenvalue weighted by atomic mass is 79.9. The van der Waals surface area contributed by atoms with Crippen LogP contribution in [-0.2, 0) is 16.1 Å². The first kappa shape index (κ1) is 15.3. The number of halogens is 1. The minimum Gasteiger partial charge on any atom is -0.489 e. The van der Waals surface area contributed by atoms with Gasteiger partial charge in [-0.3, -0.25) is 0 Å². The Bertz CT molecular complexity index is 650. The molecule has 0 amide bonds. The molecule has 0 spiro atoms. The Hall–Kier alpha value is -2.07. The van der Waals surface area contributed by atoms with Gasteiger partial charge in [0.2, 0.25) is 0 Å². The number of rotatable bonds is 5. The number of carbonyl (C=O) groups excluding carboxylic acids is 1. The number of ether oxygens (including phenoxy) is 2. The highest BCUT2D eigenvalue weighted by Crippen LogP contribution is 2.18. The first-order valence-electron chi connectivity index (χ1n) is 6.41. The molecule has 0 fully saturated rings. The van der Waals surface area contributed by atoms with Crippen molar-refractivity contribution in [3.05, 3.63) is 70.2 Å². The molecule has 0 radical (unpaired) electrons. The average molecular weight is 347 g/mol. The molecule has 3 nitrogen and oxygen atoms in total. The maximum absolute atomic E-state index is 11.1. The summed E-state index contributed by atoms with van der Waals surface area (Å²) in [5.41, 5.74) is 1.96. The first-order valence-corrected chi connectivity index (χ1v) is 7.20. The summed E-state index contributed by atoms with van der Waals surface area (Å²) in [6.45, 7) is 0.490. The number of esters is 1. The van der Waals surface area contributed by atoms with Crippen LogP contribution < -0.4 is 4.74 Å². The Labute approximate surface area is 132 Å². The van der Waals surface area contributed by atoms with E-state index >= 15 is 0 Å². The van der Waals surface area contributed by atoms with E-state index in [-0.39, 0.29) is 5.97 Å². The van der Waals surface area contributed by atoms with Crippen LogP contribution in [0.5, 0.6) is 5.75 Å². The topological polar surface area (TPSA) is 35.5 Å². The Kier molecular flexibility index (Phi) is 5.58. The zero-order chi connectivity index (χ0) is 15.1. The third-order valence-electron chi connectivity index (χ3n) is 2.77. The highest BCUT2D eigenvalue weighted by molar-refractivity contribution is 9.10. The SMILES string of the molecule is COC(=O)C=Cc1cccc(OCc2cccc(Br)c2)c1. The van der Waals surface area contributed by atoms with E-state index in [1.54, 1.807) is 6.08 Å². The molecule has 0 saturated carbocycles. The number of hydrogen-bond acceptors (Lipinski definition) is 3. The summed E-state index contributed by atoms with van der Waals surface area (Å²) < 4.78 is 11.3. The van der Waals surface area contributed by atoms with Gasteiger partial charge >= 0.3 is 5.97 Å². The van der Waals surface area contributed by atoms with E-state index in [4.69, 9.17) is 4.74 Å². The van der Waals surface area contributed by atoms with Gasteiger partial charge in [-0.05, 0) is 41.5 Å². The lowest BCUT2D eigenvalue weighted by molar-refractivity contribution is -0.134. The Morgan fingerprint density at radius 1 is 1.19 bits per heavy atom. The molecule has 0 unspecified atom stereocenters. The smallest absolute Gasteiger partial charge is 0.330 e. The highest BCUT2D eigenvalue weighted by Gasteiger charge is 1.98. The second-order valence-corrected chi connectivity index (χ2v) is 5.26. The maximum Gasteiger partial charge on any atom is 0.330 e. The minimum atomic E-state index is -0.379. The Morgan fingerprint density at radius 3 is 2.76 bits per heavy atom. The lowest BCUT2D eigenvalue weighted by atomic mass is 10.2. The van der Waals surface area contributed by atoms with Gasteiger partial charge in [-0.1, -0.05) is 40.2 Å². The molecule has 2 aromatic rings. The van der Waals surface area contributed by atoms with Crippen LogP contribution in [0.1, 0.15) is 11.1 Å². The predicted octanol–water partition coefficient (Wildman–Crippen LogP) is 4.21. The second-order valence-electron chi connectivity index (χ2n) is 4.35. The molecule has 0 aliphatic heterocycles. The molecular formula is C17H15BrO3. The molecule has 4 heteroatoms. The number of hydrogen-bond donors (Lipinski definition) is 0. The van der Waals surface area contributed by atoms with Crippen molar-refractivity contribution < 1.29 is 14.3 Å². The Morgan fingerprint density at radius 2 is 2.00 bits per heavy atom. The van der Waals surface area contributed by atoms with Crippen molar-refractivity contribution in [2.45, 2.75) is 6.61 Å². The molecule has 0 aliphatic rings. The van der Waals surface area contributed by atoms with Gasteiger partial charge in [0.25, 0.3) is 0 Å². The van der Waals surface area contributed by atoms with Gasteiger partial charge < -0.3 is 9.47 Å². The van der Waals surface area contributed by atoms with Crippen molar-refractivity contribution in [1.82, 2.24) is 0 Å². The summed E-state index contributed by atoms with van der Waals surface area (Å²) in [6, 6.07) is 15.5. The largest absolute Gasteiger partial charge is 0.489 e. The van der Waals surface area contributed by atoms with Crippen LogP contribution in [0.25, 0.3) is 6.08 Å². The fourth-order valence-corrected chi connectivity index (χ4v) is 2.18. The molecule has 0 N–H and O–H groups in total. The van der Waals surface area contributed by atoms with E-state index in [0.717, 1.165) is 21.3 Å². The van der Waals surface area contributed by atoms with E-state index in [0.29, 0.717) is 6.61 Å². The predicted molar refractivity (Wildman–Crippen MR) is 86.0 cm³/mol. The molecule has 21 heavy (non-hydrogen) atoms. The van der Waals surface area contributed by atoms with Crippen molar-refractivity contribution in [1.29, 1.82) is 0 Å². The van der Waals surface area contributed by atoms with Gasteiger partial charge in [-0.25, -0.2) is 4.79 Å². The summed E-state index contributed by atoms with van der Waals surface area (Å²) in [6.07, 6.45) is 3.07. The van der Waals surface area contributed by atoms with Crippen molar-refractivity contribution in [3.63, 3.8) is 0 Å². The molecule has 108 valence electrons. The lowest BCUT2D eigenvalue weighted by Gasteiger charge is -2.07. The van der Waals surface area contributed by atoms with Crippen LogP contribution >= 0.6 is 15.9 Å². The van der Waals surface area contributed by atoms with Gasteiger partial charge in [0.15, 0.2) is 0 Å². The maximum atomic E-state index is 11.1. The molecule has 0 aliphatic carbocycles. The van der Waals surface area contributed by atoms with E-state index in [2.05, 4.69) is 20.7 Å². The fraction of sp³-hybridized carbons (Fsp3) is 0.118. The van der Waals surface area contributed by atoms with E-state index in [1.165, 1.54) is 13.2 Å². The zero-order valence-corrected chi connectivity index (χ0v) is 13.2. The lowest BCUT2D eigenvalue weighted by Crippen LogP contribution is -1.95. The average Bonchev–Trinajstić information content (AvgIpc) is 2.51. The molecular weight excluding hydrogens is 332 g/mol. The molecule has 0 atom stereocenters. The van der Waals surface area contributed by atoms with Gasteiger partial charge in [-0.15, -0.1) is 0 Å². The number of carbonyl (C=O) groups is 1. The first-order chi connectivity index (χ1) is 10.2. The van der Waals surface area contributed by atoms with Crippen LogP contribution in [0.3, 0.4) is 0 Å². The molecule has 0 heterocycles. The van der Waals surface area contributed by atoms with Crippen molar-refractivity contribution >= 4 is 28.0 Å². The molecule has 0 aromatic heterocycles. The van der Waals surface area contributed by atoms with E-state index in [1.807, 2.05) is 48.5 Å². The van der Waals surface area contributed by atoms with Crippen LogP contribution in [-0.4, -0.2) is 13.1 Å².